The van der Waals surface area contributed by atoms with Gasteiger partial charge in [0.2, 0.25) is 0 Å². The van der Waals surface area contributed by atoms with Crippen LogP contribution in [-0.2, 0) is 39.1 Å². The van der Waals surface area contributed by atoms with E-state index in [0.29, 0.717) is 17.1 Å². The summed E-state index contributed by atoms with van der Waals surface area (Å²) >= 11 is 1.21. The SMILES string of the molecule is [CH2-]Sc1nc(Cc2cc(C)cc(C)c2)c(C)c(=O)[nH]1.[CH3-].[Y+3]. The van der Waals surface area contributed by atoms with Crippen LogP contribution < -0.4 is 5.56 Å². The van der Waals surface area contributed by atoms with Crippen molar-refractivity contribution < 1.29 is 32.7 Å². The summed E-state index contributed by atoms with van der Waals surface area (Å²) in [5.41, 5.74) is 5.05. The molecule has 1 N–H and O–H groups in total. The van der Waals surface area contributed by atoms with Gasteiger partial charge in [-0.05, 0) is 26.3 Å². The van der Waals surface area contributed by atoms with Crippen LogP contribution in [0, 0.1) is 34.5 Å². The predicted octanol–water partition coefficient (Wildman–Crippen LogP) is 3.62. The number of rotatable bonds is 3. The third-order valence-electron chi connectivity index (χ3n) is 3.02. The number of aromatic amines is 1. The Labute approximate surface area is 156 Å². The van der Waals surface area contributed by atoms with Crippen molar-refractivity contribution in [3.8, 4) is 0 Å². The summed E-state index contributed by atoms with van der Waals surface area (Å²) in [7, 11) is 0. The van der Waals surface area contributed by atoms with Gasteiger partial charge in [-0.25, -0.2) is 4.98 Å². The molecule has 0 amide bonds. The first-order chi connectivity index (χ1) is 8.99. The monoisotopic (exact) mass is 377 g/mol. The molecule has 2 rings (SSSR count). The molecular formula is C16H20N2OSY+. The average molecular weight is 377 g/mol. The van der Waals surface area contributed by atoms with Gasteiger partial charge in [0, 0.05) is 12.0 Å². The number of thioether (sulfide) groups is 1. The van der Waals surface area contributed by atoms with E-state index in [-0.39, 0.29) is 45.7 Å². The molecule has 0 radical (unpaired) electrons. The molecule has 1 heterocycles. The van der Waals surface area contributed by atoms with E-state index < -0.39 is 0 Å². The van der Waals surface area contributed by atoms with Gasteiger partial charge in [0.15, 0.2) is 0 Å². The first-order valence-electron chi connectivity index (χ1n) is 6.08. The summed E-state index contributed by atoms with van der Waals surface area (Å²) in [5, 5.41) is 0.565. The second-order valence-electron chi connectivity index (χ2n) is 4.76. The second kappa shape index (κ2) is 8.87. The molecule has 0 saturated carbocycles. The summed E-state index contributed by atoms with van der Waals surface area (Å²) in [6.07, 6.45) is 4.36. The molecule has 0 aliphatic carbocycles. The Kier molecular flexibility index (Phi) is 8.68. The molecule has 0 spiro atoms. The van der Waals surface area contributed by atoms with Crippen molar-refractivity contribution in [1.82, 2.24) is 9.97 Å². The third-order valence-corrected chi connectivity index (χ3v) is 3.49. The van der Waals surface area contributed by atoms with Crippen LogP contribution >= 0.6 is 11.8 Å². The number of aryl methyl sites for hydroxylation is 2. The van der Waals surface area contributed by atoms with Crippen LogP contribution in [0.1, 0.15) is 27.9 Å². The molecule has 3 nitrogen and oxygen atoms in total. The van der Waals surface area contributed by atoms with Crippen LogP contribution in [0.4, 0.5) is 0 Å². The van der Waals surface area contributed by atoms with E-state index in [1.807, 2.05) is 0 Å². The van der Waals surface area contributed by atoms with Crippen LogP contribution in [0.15, 0.2) is 28.2 Å². The zero-order valence-electron chi connectivity index (χ0n) is 13.0. The first-order valence-corrected chi connectivity index (χ1v) is 7.07. The van der Waals surface area contributed by atoms with Crippen molar-refractivity contribution in [1.29, 1.82) is 0 Å². The Hall–Kier alpha value is -0.446. The molecule has 0 atom stereocenters. The maximum atomic E-state index is 11.8. The van der Waals surface area contributed by atoms with Crippen LogP contribution in [0.2, 0.25) is 0 Å². The standard InChI is InChI=1S/C15H17N2OS.CH3.Y/c1-9-5-10(2)7-12(6-9)8-13-11(3)14(18)17-15(16-13)19-4;;/h5-7H,4,8H2,1-3H3,(H,16,17,18);1H3;/q2*-1;+3. The van der Waals surface area contributed by atoms with Gasteiger partial charge in [-0.1, -0.05) is 29.3 Å². The summed E-state index contributed by atoms with van der Waals surface area (Å²) in [4.78, 5) is 19.0. The van der Waals surface area contributed by atoms with E-state index in [1.54, 1.807) is 6.92 Å². The minimum Gasteiger partial charge on any atom is -0.358 e. The molecule has 0 saturated heterocycles. The number of benzene rings is 1. The first kappa shape index (κ1) is 20.6. The number of H-pyrrole nitrogens is 1. The van der Waals surface area contributed by atoms with Crippen LogP contribution in [0.25, 0.3) is 0 Å². The Morgan fingerprint density at radius 3 is 2.29 bits per heavy atom. The minimum absolute atomic E-state index is 0. The van der Waals surface area contributed by atoms with E-state index in [2.05, 4.69) is 48.3 Å². The van der Waals surface area contributed by atoms with Gasteiger partial charge in [0.1, 0.15) is 5.16 Å². The summed E-state index contributed by atoms with van der Waals surface area (Å²) in [6.45, 7) is 5.96. The number of hydrogen-bond acceptors (Lipinski definition) is 3. The Morgan fingerprint density at radius 2 is 1.76 bits per heavy atom. The fraction of sp³-hybridized carbons (Fsp3) is 0.250. The number of nitrogens with zero attached hydrogens (tertiary/aromatic N) is 1. The number of aromatic nitrogens is 2. The van der Waals surface area contributed by atoms with Crippen molar-refractivity contribution in [2.75, 3.05) is 0 Å². The molecule has 0 bridgehead atoms. The molecule has 1 aromatic carbocycles. The van der Waals surface area contributed by atoms with Gasteiger partial charge in [0.25, 0.3) is 5.56 Å². The number of nitrogens with one attached hydrogen (secondary N) is 1. The second-order valence-corrected chi connectivity index (χ2v) is 5.44. The zero-order chi connectivity index (χ0) is 14.0. The number of hydrogen-bond donors (Lipinski definition) is 1. The molecule has 0 aliphatic rings. The average Bonchev–Trinajstić information content (AvgIpc) is 2.33. The van der Waals surface area contributed by atoms with E-state index in [4.69, 9.17) is 0 Å². The summed E-state index contributed by atoms with van der Waals surface area (Å²) in [6, 6.07) is 6.40. The third kappa shape index (κ3) is 5.35. The van der Waals surface area contributed by atoms with Gasteiger partial charge in [-0.2, -0.15) is 0 Å². The maximum Gasteiger partial charge on any atom is 3.00 e. The fourth-order valence-corrected chi connectivity index (χ4v) is 2.50. The maximum absolute atomic E-state index is 11.8. The van der Waals surface area contributed by atoms with E-state index in [1.165, 1.54) is 28.5 Å². The van der Waals surface area contributed by atoms with Gasteiger partial charge in [0.05, 0.1) is 5.69 Å². The van der Waals surface area contributed by atoms with Crippen molar-refractivity contribution in [3.05, 3.63) is 70.2 Å². The summed E-state index contributed by atoms with van der Waals surface area (Å²) < 4.78 is 0. The molecule has 2 aromatic rings. The molecule has 21 heavy (non-hydrogen) atoms. The molecule has 0 aliphatic heterocycles. The van der Waals surface area contributed by atoms with Crippen molar-refractivity contribution in [2.24, 2.45) is 0 Å². The predicted molar refractivity (Wildman–Crippen MR) is 85.9 cm³/mol. The Balaban J connectivity index is 0.00000200. The van der Waals surface area contributed by atoms with E-state index >= 15 is 0 Å². The van der Waals surface area contributed by atoms with Gasteiger partial charge in [-0.3, -0.25) is 22.8 Å². The molecule has 108 valence electrons. The topological polar surface area (TPSA) is 45.8 Å². The van der Waals surface area contributed by atoms with Crippen LogP contribution in [0.3, 0.4) is 0 Å². The van der Waals surface area contributed by atoms with Gasteiger partial charge in [-0.15, -0.1) is 0 Å². The molecule has 0 unspecified atom stereocenters. The fourth-order valence-electron chi connectivity index (χ4n) is 2.16. The van der Waals surface area contributed by atoms with Gasteiger partial charge < -0.3 is 12.4 Å². The van der Waals surface area contributed by atoms with Crippen LogP contribution in [0.5, 0.6) is 0 Å². The normalized spacial score (nSPS) is 9.71. The molecule has 1 aromatic heterocycles. The minimum atomic E-state index is -0.0828. The van der Waals surface area contributed by atoms with E-state index in [0.717, 1.165) is 5.69 Å². The Bertz CT molecular complexity index is 648. The zero-order valence-corrected chi connectivity index (χ0v) is 16.6. The molecular weight excluding hydrogens is 357 g/mol. The molecule has 5 heteroatoms. The largest absolute Gasteiger partial charge is 3.00 e. The molecule has 0 fully saturated rings. The van der Waals surface area contributed by atoms with Crippen LogP contribution in [-0.4, -0.2) is 9.97 Å². The van der Waals surface area contributed by atoms with E-state index in [9.17, 15) is 4.79 Å². The van der Waals surface area contributed by atoms with Crippen molar-refractivity contribution in [2.45, 2.75) is 32.3 Å². The van der Waals surface area contributed by atoms with Gasteiger partial charge >= 0.3 is 32.7 Å². The Morgan fingerprint density at radius 1 is 1.19 bits per heavy atom. The summed E-state index contributed by atoms with van der Waals surface area (Å²) in [5.74, 6) is 0. The smallest absolute Gasteiger partial charge is 0.358 e. The van der Waals surface area contributed by atoms with Crippen molar-refractivity contribution in [3.63, 3.8) is 0 Å². The van der Waals surface area contributed by atoms with Crippen molar-refractivity contribution >= 4 is 11.8 Å². The quantitative estimate of drug-likeness (QED) is 0.505.